The molecule has 0 aliphatic carbocycles. The van der Waals surface area contributed by atoms with E-state index in [9.17, 15) is 4.79 Å². The first-order valence-electron chi connectivity index (χ1n) is 5.22. The summed E-state index contributed by atoms with van der Waals surface area (Å²) in [4.78, 5) is 11.2. The average molecular weight is 266 g/mol. The zero-order valence-electron chi connectivity index (χ0n) is 9.28. The maximum atomic E-state index is 11.2. The lowest BCUT2D eigenvalue weighted by Crippen LogP contribution is -2.01. The van der Waals surface area contributed by atoms with Gasteiger partial charge in [0.2, 0.25) is 0 Å². The molecule has 0 heterocycles. The molecule has 2 nitrogen and oxygen atoms in total. The van der Waals surface area contributed by atoms with Gasteiger partial charge in [0.1, 0.15) is 3.53 Å². The Morgan fingerprint density at radius 1 is 1.27 bits per heavy atom. The molecule has 0 fully saturated rings. The van der Waals surface area contributed by atoms with E-state index in [-0.39, 0.29) is 5.30 Å². The summed E-state index contributed by atoms with van der Waals surface area (Å²) in [6.07, 6.45) is 4.24. The predicted molar refractivity (Wildman–Crippen MR) is 73.8 cm³/mol. The van der Waals surface area contributed by atoms with E-state index >= 15 is 0 Å². The standard InChI is InChI=1S/C10H18O2S3/c1-3-5-7-12-9(11)15-10(13)14-8-6-4-2/h3-8H2,1-2H3. The molecule has 0 aromatic carbocycles. The average Bonchev–Trinajstić information content (AvgIpc) is 2.18. The molecule has 0 aromatic rings. The Labute approximate surface area is 106 Å². The lowest BCUT2D eigenvalue weighted by molar-refractivity contribution is 0.173. The normalized spacial score (nSPS) is 10.0. The van der Waals surface area contributed by atoms with Crippen LogP contribution in [-0.2, 0) is 4.74 Å². The molecule has 0 saturated heterocycles. The van der Waals surface area contributed by atoms with E-state index in [2.05, 4.69) is 13.8 Å². The number of ether oxygens (including phenoxy) is 1. The third-order valence-electron chi connectivity index (χ3n) is 1.60. The summed E-state index contributed by atoms with van der Waals surface area (Å²) in [5.74, 6) is 0.991. The van der Waals surface area contributed by atoms with Gasteiger partial charge in [-0.3, -0.25) is 0 Å². The van der Waals surface area contributed by atoms with E-state index in [0.717, 1.165) is 43.2 Å². The zero-order valence-corrected chi connectivity index (χ0v) is 11.7. The highest BCUT2D eigenvalue weighted by Crippen LogP contribution is 2.20. The van der Waals surface area contributed by atoms with Crippen LogP contribution in [-0.4, -0.2) is 21.2 Å². The minimum atomic E-state index is -0.266. The smallest absolute Gasteiger partial charge is 0.373 e. The van der Waals surface area contributed by atoms with Crippen molar-refractivity contribution in [2.24, 2.45) is 0 Å². The third-order valence-corrected chi connectivity index (χ3v) is 3.99. The fraction of sp³-hybridized carbons (Fsp3) is 0.800. The van der Waals surface area contributed by atoms with Crippen molar-refractivity contribution in [1.82, 2.24) is 0 Å². The van der Waals surface area contributed by atoms with E-state index in [1.54, 1.807) is 11.8 Å². The summed E-state index contributed by atoms with van der Waals surface area (Å²) in [5, 5.41) is -0.266. The number of thiocarbonyl (C=S) groups is 1. The van der Waals surface area contributed by atoms with Crippen molar-refractivity contribution in [1.29, 1.82) is 0 Å². The second-order valence-corrected chi connectivity index (χ2v) is 6.24. The van der Waals surface area contributed by atoms with E-state index in [4.69, 9.17) is 17.0 Å². The van der Waals surface area contributed by atoms with E-state index in [1.165, 1.54) is 0 Å². The van der Waals surface area contributed by atoms with Crippen LogP contribution in [0.2, 0.25) is 0 Å². The van der Waals surface area contributed by atoms with Crippen molar-refractivity contribution >= 4 is 44.6 Å². The molecular formula is C10H18O2S3. The Bertz CT molecular complexity index is 175. The van der Waals surface area contributed by atoms with Crippen LogP contribution < -0.4 is 0 Å². The Morgan fingerprint density at radius 3 is 2.53 bits per heavy atom. The summed E-state index contributed by atoms with van der Waals surface area (Å²) in [5.41, 5.74) is 0. The van der Waals surface area contributed by atoms with Crippen LogP contribution in [0.15, 0.2) is 0 Å². The number of hydrogen-bond acceptors (Lipinski definition) is 5. The summed E-state index contributed by atoms with van der Waals surface area (Å²) in [6.45, 7) is 4.70. The monoisotopic (exact) mass is 266 g/mol. The van der Waals surface area contributed by atoms with Crippen molar-refractivity contribution in [2.75, 3.05) is 12.4 Å². The third kappa shape index (κ3) is 10.5. The van der Waals surface area contributed by atoms with Gasteiger partial charge in [-0.05, 0) is 18.6 Å². The van der Waals surface area contributed by atoms with Crippen LogP contribution >= 0.6 is 35.7 Å². The molecule has 0 amide bonds. The Kier molecular flexibility index (Phi) is 11.0. The van der Waals surface area contributed by atoms with Gasteiger partial charge >= 0.3 is 5.30 Å². The molecule has 0 saturated carbocycles. The van der Waals surface area contributed by atoms with Crippen LogP contribution in [0.3, 0.4) is 0 Å². The fourth-order valence-corrected chi connectivity index (χ4v) is 2.75. The molecule has 88 valence electrons. The highest BCUT2D eigenvalue weighted by molar-refractivity contribution is 8.51. The van der Waals surface area contributed by atoms with Gasteiger partial charge in [0.05, 0.1) is 6.61 Å². The van der Waals surface area contributed by atoms with Crippen LogP contribution in [0.5, 0.6) is 0 Å². The zero-order chi connectivity index (χ0) is 11.5. The maximum Gasteiger partial charge on any atom is 0.373 e. The van der Waals surface area contributed by atoms with Gasteiger partial charge in [-0.15, -0.1) is 11.8 Å². The second-order valence-electron chi connectivity index (χ2n) is 3.01. The lowest BCUT2D eigenvalue weighted by atomic mass is 10.4. The first kappa shape index (κ1) is 15.3. The van der Waals surface area contributed by atoms with Gasteiger partial charge in [-0.1, -0.05) is 38.9 Å². The molecule has 0 aromatic heterocycles. The highest BCUT2D eigenvalue weighted by atomic mass is 32.2. The fourth-order valence-electron chi connectivity index (χ4n) is 0.727. The highest BCUT2D eigenvalue weighted by Gasteiger charge is 2.08. The van der Waals surface area contributed by atoms with E-state index in [0.29, 0.717) is 10.1 Å². The quantitative estimate of drug-likeness (QED) is 0.401. The summed E-state index contributed by atoms with van der Waals surface area (Å²) in [6, 6.07) is 0. The van der Waals surface area contributed by atoms with Gasteiger partial charge in [0.15, 0.2) is 0 Å². The molecule has 5 heteroatoms. The van der Waals surface area contributed by atoms with Crippen molar-refractivity contribution in [3.05, 3.63) is 0 Å². The van der Waals surface area contributed by atoms with Gasteiger partial charge in [0, 0.05) is 11.8 Å². The van der Waals surface area contributed by atoms with Crippen molar-refractivity contribution in [3.8, 4) is 0 Å². The van der Waals surface area contributed by atoms with E-state index < -0.39 is 0 Å². The first-order valence-corrected chi connectivity index (χ1v) is 7.43. The van der Waals surface area contributed by atoms with Crippen LogP contribution in [0.1, 0.15) is 39.5 Å². The Hall–Kier alpha value is 0.260. The molecule has 0 spiro atoms. The lowest BCUT2D eigenvalue weighted by Gasteiger charge is -2.03. The molecule has 0 radical (unpaired) electrons. The minimum absolute atomic E-state index is 0.266. The molecule has 0 aliphatic heterocycles. The topological polar surface area (TPSA) is 26.3 Å². The van der Waals surface area contributed by atoms with Gasteiger partial charge < -0.3 is 4.74 Å². The summed E-state index contributed by atoms with van der Waals surface area (Å²) in [7, 11) is 0. The molecular weight excluding hydrogens is 248 g/mol. The molecule has 15 heavy (non-hydrogen) atoms. The van der Waals surface area contributed by atoms with Crippen molar-refractivity contribution in [2.45, 2.75) is 39.5 Å². The maximum absolute atomic E-state index is 11.2. The van der Waals surface area contributed by atoms with Crippen LogP contribution in [0.25, 0.3) is 0 Å². The molecule has 0 bridgehead atoms. The summed E-state index contributed by atoms with van der Waals surface area (Å²) < 4.78 is 5.65. The first-order chi connectivity index (χ1) is 7.20. The van der Waals surface area contributed by atoms with Crippen LogP contribution in [0, 0.1) is 0 Å². The van der Waals surface area contributed by atoms with Gasteiger partial charge in [-0.2, -0.15) is 0 Å². The second kappa shape index (κ2) is 10.8. The van der Waals surface area contributed by atoms with Crippen LogP contribution in [0.4, 0.5) is 4.79 Å². The molecule has 0 unspecified atom stereocenters. The molecule has 0 rings (SSSR count). The Balaban J connectivity index is 3.45. The number of carbonyl (C=O) groups is 1. The minimum Gasteiger partial charge on any atom is -0.457 e. The van der Waals surface area contributed by atoms with Gasteiger partial charge in [-0.25, -0.2) is 4.79 Å². The number of rotatable bonds is 6. The Morgan fingerprint density at radius 2 is 1.93 bits per heavy atom. The molecule has 0 aliphatic rings. The summed E-state index contributed by atoms with van der Waals surface area (Å²) >= 11 is 7.64. The molecule has 0 atom stereocenters. The predicted octanol–water partition coefficient (Wildman–Crippen LogP) is 4.47. The number of unbranched alkanes of at least 4 members (excludes halogenated alkanes) is 2. The van der Waals surface area contributed by atoms with Gasteiger partial charge in [0.25, 0.3) is 0 Å². The number of carbonyl (C=O) groups excluding carboxylic acids is 1. The largest absolute Gasteiger partial charge is 0.457 e. The number of thioether (sulfide) groups is 2. The molecule has 0 N–H and O–H groups in total. The van der Waals surface area contributed by atoms with E-state index in [1.807, 2.05) is 0 Å². The van der Waals surface area contributed by atoms with Crippen molar-refractivity contribution in [3.63, 3.8) is 0 Å². The SMILES string of the molecule is CCCCOC(=O)SC(=S)SCCCC. The van der Waals surface area contributed by atoms with Crippen molar-refractivity contribution < 1.29 is 9.53 Å². The number of hydrogen-bond donors (Lipinski definition) is 0.